The fraction of sp³-hybridized carbons (Fsp3) is 0.143. The number of rotatable bonds is 6. The number of aliphatic hydroxyl groups is 1. The monoisotopic (exact) mass is 347 g/mol. The topological polar surface area (TPSA) is 66.6 Å². The minimum atomic E-state index is -1.25. The van der Waals surface area contributed by atoms with Crippen LogP contribution in [0.1, 0.15) is 22.9 Å². The van der Waals surface area contributed by atoms with E-state index in [4.69, 9.17) is 0 Å². The van der Waals surface area contributed by atoms with Crippen molar-refractivity contribution in [2.45, 2.75) is 19.6 Å². The molecule has 2 N–H and O–H groups in total. The Labute approximate surface area is 152 Å². The number of amides is 1. The van der Waals surface area contributed by atoms with E-state index in [9.17, 15) is 9.90 Å². The smallest absolute Gasteiger partial charge is 0.273 e. The van der Waals surface area contributed by atoms with Gasteiger partial charge in [0.05, 0.1) is 6.21 Å². The number of hydrogen-bond acceptors (Lipinski definition) is 3. The summed E-state index contributed by atoms with van der Waals surface area (Å²) in [4.78, 5) is 12.1. The Balaban J connectivity index is 1.82. The fourth-order valence-electron chi connectivity index (χ4n) is 2.99. The Morgan fingerprint density at radius 2 is 1.92 bits per heavy atom. The Morgan fingerprint density at radius 1 is 1.23 bits per heavy atom. The Bertz CT molecular complexity index is 958. The quantitative estimate of drug-likeness (QED) is 0.408. The van der Waals surface area contributed by atoms with Crippen LogP contribution in [0.5, 0.6) is 0 Å². The van der Waals surface area contributed by atoms with Crippen LogP contribution in [-0.4, -0.2) is 21.8 Å². The summed E-state index contributed by atoms with van der Waals surface area (Å²) in [5, 5.41) is 15.2. The summed E-state index contributed by atoms with van der Waals surface area (Å²) in [5.41, 5.74) is 5.99. The molecule has 1 atom stereocenters. The minimum Gasteiger partial charge on any atom is -0.378 e. The third-order valence-electron chi connectivity index (χ3n) is 4.32. The van der Waals surface area contributed by atoms with Crippen molar-refractivity contribution in [3.63, 3.8) is 0 Å². The number of carbonyl (C=O) groups is 1. The van der Waals surface area contributed by atoms with Gasteiger partial charge >= 0.3 is 0 Å². The number of fused-ring (bicyclic) bond motifs is 1. The Morgan fingerprint density at radius 3 is 2.65 bits per heavy atom. The molecule has 0 saturated carbocycles. The summed E-state index contributed by atoms with van der Waals surface area (Å²) in [5.74, 6) is -0.570. The van der Waals surface area contributed by atoms with Crippen LogP contribution in [0.15, 0.2) is 72.4 Å². The van der Waals surface area contributed by atoms with E-state index in [0.29, 0.717) is 12.1 Å². The summed E-state index contributed by atoms with van der Waals surface area (Å²) < 4.78 is 2.14. The molecule has 132 valence electrons. The van der Waals surface area contributed by atoms with Crippen molar-refractivity contribution < 1.29 is 9.90 Å². The van der Waals surface area contributed by atoms with Gasteiger partial charge in [-0.3, -0.25) is 4.79 Å². The second-order valence-corrected chi connectivity index (χ2v) is 5.96. The molecule has 0 saturated heterocycles. The maximum atomic E-state index is 12.1. The average molecular weight is 347 g/mol. The van der Waals surface area contributed by atoms with E-state index in [1.807, 2.05) is 43.3 Å². The van der Waals surface area contributed by atoms with E-state index in [-0.39, 0.29) is 0 Å². The highest BCUT2D eigenvalue weighted by Crippen LogP contribution is 2.24. The summed E-state index contributed by atoms with van der Waals surface area (Å²) in [7, 11) is 0. The zero-order chi connectivity index (χ0) is 18.5. The largest absolute Gasteiger partial charge is 0.378 e. The number of hydrazone groups is 1. The maximum Gasteiger partial charge on any atom is 0.273 e. The van der Waals surface area contributed by atoms with Crippen molar-refractivity contribution in [3.05, 3.63) is 84.1 Å². The number of benzene rings is 2. The van der Waals surface area contributed by atoms with Crippen LogP contribution < -0.4 is 5.43 Å². The maximum absolute atomic E-state index is 12.1. The predicted molar refractivity (Wildman–Crippen MR) is 104 cm³/mol. The second kappa shape index (κ2) is 7.80. The van der Waals surface area contributed by atoms with E-state index < -0.39 is 12.0 Å². The van der Waals surface area contributed by atoms with Gasteiger partial charge in [0, 0.05) is 28.7 Å². The van der Waals surface area contributed by atoms with Crippen LogP contribution in [0.4, 0.5) is 0 Å². The number of aromatic nitrogens is 1. The van der Waals surface area contributed by atoms with Crippen molar-refractivity contribution in [1.82, 2.24) is 9.99 Å². The first-order valence-corrected chi connectivity index (χ1v) is 8.38. The third kappa shape index (κ3) is 3.43. The normalized spacial score (nSPS) is 12.4. The van der Waals surface area contributed by atoms with Crippen molar-refractivity contribution in [2.75, 3.05) is 0 Å². The molecule has 5 nitrogen and oxygen atoms in total. The summed E-state index contributed by atoms with van der Waals surface area (Å²) in [6, 6.07) is 16.8. The first-order chi connectivity index (χ1) is 12.6. The van der Waals surface area contributed by atoms with Gasteiger partial charge in [-0.2, -0.15) is 5.10 Å². The lowest BCUT2D eigenvalue weighted by molar-refractivity contribution is -0.129. The van der Waals surface area contributed by atoms with Gasteiger partial charge in [-0.05, 0) is 18.6 Å². The second-order valence-electron chi connectivity index (χ2n) is 5.96. The first-order valence-electron chi connectivity index (χ1n) is 8.38. The van der Waals surface area contributed by atoms with Crippen molar-refractivity contribution in [1.29, 1.82) is 0 Å². The third-order valence-corrected chi connectivity index (χ3v) is 4.32. The van der Waals surface area contributed by atoms with Crippen LogP contribution >= 0.6 is 0 Å². The number of allylic oxidation sites excluding steroid dienone is 1. The van der Waals surface area contributed by atoms with Gasteiger partial charge in [0.2, 0.25) is 0 Å². The number of nitrogens with zero attached hydrogens (tertiary/aromatic N) is 2. The van der Waals surface area contributed by atoms with Crippen LogP contribution in [-0.2, 0) is 11.3 Å². The van der Waals surface area contributed by atoms with Crippen LogP contribution in [0, 0.1) is 6.92 Å². The molecule has 3 aromatic rings. The van der Waals surface area contributed by atoms with Crippen LogP contribution in [0.3, 0.4) is 0 Å². The first kappa shape index (κ1) is 17.6. The lowest BCUT2D eigenvalue weighted by atomic mass is 10.1. The average Bonchev–Trinajstić information content (AvgIpc) is 2.94. The molecule has 0 radical (unpaired) electrons. The molecule has 5 heteroatoms. The summed E-state index contributed by atoms with van der Waals surface area (Å²) in [6.45, 7) is 6.51. The molecule has 26 heavy (non-hydrogen) atoms. The van der Waals surface area contributed by atoms with Crippen LogP contribution in [0.2, 0.25) is 0 Å². The van der Waals surface area contributed by atoms with E-state index >= 15 is 0 Å². The highest BCUT2D eigenvalue weighted by molar-refractivity contribution is 6.01. The van der Waals surface area contributed by atoms with E-state index in [1.54, 1.807) is 30.5 Å². The van der Waals surface area contributed by atoms with Crippen LogP contribution in [0.25, 0.3) is 10.9 Å². The molecule has 0 bridgehead atoms. The van der Waals surface area contributed by atoms with Gasteiger partial charge in [-0.1, -0.05) is 54.6 Å². The molecular formula is C21H21N3O2. The van der Waals surface area contributed by atoms with Gasteiger partial charge in [0.25, 0.3) is 5.91 Å². The number of carbonyl (C=O) groups excluding carboxylic acids is 1. The lowest BCUT2D eigenvalue weighted by Crippen LogP contribution is -2.25. The molecule has 1 heterocycles. The molecular weight excluding hydrogens is 326 g/mol. The highest BCUT2D eigenvalue weighted by atomic mass is 16.3. The lowest BCUT2D eigenvalue weighted by Gasteiger charge is -2.08. The molecule has 0 aliphatic heterocycles. The summed E-state index contributed by atoms with van der Waals surface area (Å²) in [6.07, 6.45) is 2.21. The van der Waals surface area contributed by atoms with E-state index in [1.165, 1.54) is 0 Å². The molecule has 0 unspecified atom stereocenters. The van der Waals surface area contributed by atoms with E-state index in [0.717, 1.165) is 22.2 Å². The van der Waals surface area contributed by atoms with Gasteiger partial charge in [-0.25, -0.2) is 5.43 Å². The van der Waals surface area contributed by atoms with Crippen molar-refractivity contribution in [2.24, 2.45) is 5.10 Å². The number of hydrogen-bond donors (Lipinski definition) is 2. The predicted octanol–water partition coefficient (Wildman–Crippen LogP) is 3.32. The van der Waals surface area contributed by atoms with Gasteiger partial charge in [0.15, 0.2) is 6.10 Å². The van der Waals surface area contributed by atoms with Crippen molar-refractivity contribution >= 4 is 23.0 Å². The molecule has 0 fully saturated rings. The van der Waals surface area contributed by atoms with Gasteiger partial charge in [-0.15, -0.1) is 6.58 Å². The highest BCUT2D eigenvalue weighted by Gasteiger charge is 2.16. The molecule has 0 aliphatic carbocycles. The van der Waals surface area contributed by atoms with Gasteiger partial charge in [0.1, 0.15) is 0 Å². The molecule has 1 amide bonds. The molecule has 3 rings (SSSR count). The zero-order valence-electron chi connectivity index (χ0n) is 14.6. The SMILES string of the molecule is C=CCn1c(C)c(/C=N\NC(=O)[C@H](O)c2ccccc2)c2ccccc21. The number of aliphatic hydroxyl groups excluding tert-OH is 1. The van der Waals surface area contributed by atoms with Crippen molar-refractivity contribution in [3.8, 4) is 0 Å². The van der Waals surface area contributed by atoms with E-state index in [2.05, 4.69) is 21.7 Å². The molecule has 1 aromatic heterocycles. The standard InChI is InChI=1S/C21H21N3O2/c1-3-13-24-15(2)18(17-11-7-8-12-19(17)24)14-22-23-21(26)20(25)16-9-5-4-6-10-16/h3-12,14,20,25H,1,13H2,2H3,(H,23,26)/b22-14-/t20-/m1/s1. The summed E-state index contributed by atoms with van der Waals surface area (Å²) >= 11 is 0. The minimum absolute atomic E-state index is 0.527. The Hall–Kier alpha value is -3.18. The molecule has 0 spiro atoms. The molecule has 0 aliphatic rings. The van der Waals surface area contributed by atoms with Gasteiger partial charge < -0.3 is 9.67 Å². The number of para-hydroxylation sites is 1. The number of nitrogens with one attached hydrogen (secondary N) is 1. The molecule has 2 aromatic carbocycles. The zero-order valence-corrected chi connectivity index (χ0v) is 14.6. The Kier molecular flexibility index (Phi) is 5.29. The fourth-order valence-corrected chi connectivity index (χ4v) is 2.99.